The lowest BCUT2D eigenvalue weighted by molar-refractivity contribution is -0.0350. The van der Waals surface area contributed by atoms with Gasteiger partial charge in [-0.15, -0.1) is 0 Å². The van der Waals surface area contributed by atoms with E-state index in [0.717, 1.165) is 54.6 Å². The number of hydrogen-bond donors (Lipinski definition) is 0. The van der Waals surface area contributed by atoms with Crippen LogP contribution in [-0.4, -0.2) is 46.5 Å². The summed E-state index contributed by atoms with van der Waals surface area (Å²) >= 11 is 0. The van der Waals surface area contributed by atoms with E-state index in [0.29, 0.717) is 6.61 Å². The Labute approximate surface area is 172 Å². The van der Waals surface area contributed by atoms with E-state index in [2.05, 4.69) is 42.2 Å². The van der Waals surface area contributed by atoms with E-state index in [1.165, 1.54) is 5.56 Å². The summed E-state index contributed by atoms with van der Waals surface area (Å²) in [4.78, 5) is 7.32. The molecule has 1 aromatic carbocycles. The van der Waals surface area contributed by atoms with Crippen LogP contribution in [0.1, 0.15) is 30.0 Å². The molecule has 0 amide bonds. The van der Waals surface area contributed by atoms with E-state index in [9.17, 15) is 0 Å². The second-order valence-corrected chi connectivity index (χ2v) is 7.37. The lowest BCUT2D eigenvalue weighted by atomic mass is 10.1. The second-order valence-electron chi connectivity index (χ2n) is 7.37. The number of ether oxygens (including phenoxy) is 2. The van der Waals surface area contributed by atoms with Crippen LogP contribution in [0.25, 0.3) is 11.3 Å². The summed E-state index contributed by atoms with van der Waals surface area (Å²) < 4.78 is 13.3. The maximum Gasteiger partial charge on any atom is 0.118 e. The number of methoxy groups -OCH3 is 1. The van der Waals surface area contributed by atoms with Crippen molar-refractivity contribution >= 4 is 0 Å². The van der Waals surface area contributed by atoms with E-state index in [1.54, 1.807) is 7.11 Å². The Balaban J connectivity index is 1.48. The maximum atomic E-state index is 6.07. The quantitative estimate of drug-likeness (QED) is 0.638. The van der Waals surface area contributed by atoms with Gasteiger partial charge in [0.2, 0.25) is 0 Å². The molecule has 6 heteroatoms. The summed E-state index contributed by atoms with van der Waals surface area (Å²) in [6, 6.07) is 14.1. The zero-order chi connectivity index (χ0) is 20.2. The van der Waals surface area contributed by atoms with Crippen molar-refractivity contribution < 1.29 is 9.47 Å². The van der Waals surface area contributed by atoms with Crippen molar-refractivity contribution in [1.29, 1.82) is 0 Å². The van der Waals surface area contributed by atoms with Crippen molar-refractivity contribution in [2.24, 2.45) is 0 Å². The fraction of sp³-hybridized carbons (Fsp3) is 0.391. The Morgan fingerprint density at radius 1 is 1.17 bits per heavy atom. The molecule has 1 saturated heterocycles. The summed E-state index contributed by atoms with van der Waals surface area (Å²) in [6.45, 7) is 8.45. The highest BCUT2D eigenvalue weighted by atomic mass is 16.5. The summed E-state index contributed by atoms with van der Waals surface area (Å²) in [5, 5.41) is 4.57. The van der Waals surface area contributed by atoms with Crippen molar-refractivity contribution in [1.82, 2.24) is 19.7 Å². The zero-order valence-corrected chi connectivity index (χ0v) is 17.3. The van der Waals surface area contributed by atoms with Crippen LogP contribution < -0.4 is 4.74 Å². The summed E-state index contributed by atoms with van der Waals surface area (Å²) in [6.07, 6.45) is 2.13. The van der Waals surface area contributed by atoms with Gasteiger partial charge >= 0.3 is 0 Å². The first-order valence-electron chi connectivity index (χ1n) is 10.1. The van der Waals surface area contributed by atoms with Crippen LogP contribution in [0.3, 0.4) is 0 Å². The topological polar surface area (TPSA) is 52.4 Å². The number of pyridine rings is 1. The number of benzene rings is 1. The maximum absolute atomic E-state index is 6.07. The molecule has 3 aromatic rings. The highest BCUT2D eigenvalue weighted by Crippen LogP contribution is 2.26. The molecule has 1 atom stereocenters. The summed E-state index contributed by atoms with van der Waals surface area (Å²) in [5.74, 6) is 0.845. The van der Waals surface area contributed by atoms with Gasteiger partial charge in [0.25, 0.3) is 0 Å². The van der Waals surface area contributed by atoms with Gasteiger partial charge in [-0.2, -0.15) is 5.10 Å². The van der Waals surface area contributed by atoms with Crippen LogP contribution in [0, 0.1) is 6.92 Å². The highest BCUT2D eigenvalue weighted by molar-refractivity contribution is 5.60. The Hall–Kier alpha value is -2.70. The number of aromatic nitrogens is 3. The first-order chi connectivity index (χ1) is 14.2. The molecule has 1 unspecified atom stereocenters. The fourth-order valence-electron chi connectivity index (χ4n) is 3.70. The first-order valence-corrected chi connectivity index (χ1v) is 10.1. The van der Waals surface area contributed by atoms with Gasteiger partial charge in [-0.3, -0.25) is 14.6 Å². The third-order valence-electron chi connectivity index (χ3n) is 5.40. The molecule has 0 N–H and O–H groups in total. The molecule has 0 radical (unpaired) electrons. The van der Waals surface area contributed by atoms with Gasteiger partial charge < -0.3 is 9.47 Å². The molecule has 0 spiro atoms. The predicted octanol–water partition coefficient (Wildman–Crippen LogP) is 3.86. The minimum Gasteiger partial charge on any atom is -0.497 e. The molecule has 3 heterocycles. The van der Waals surface area contributed by atoms with Crippen LogP contribution in [-0.2, 0) is 17.8 Å². The van der Waals surface area contributed by atoms with E-state index >= 15 is 0 Å². The van der Waals surface area contributed by atoms with Crippen molar-refractivity contribution in [2.75, 3.05) is 26.8 Å². The molecule has 1 fully saturated rings. The van der Waals surface area contributed by atoms with Crippen molar-refractivity contribution in [2.45, 2.75) is 33.0 Å². The zero-order valence-electron chi connectivity index (χ0n) is 17.3. The smallest absolute Gasteiger partial charge is 0.118 e. The largest absolute Gasteiger partial charge is 0.497 e. The first kappa shape index (κ1) is 19.6. The molecule has 1 aliphatic rings. The average Bonchev–Trinajstić information content (AvgIpc) is 3.13. The van der Waals surface area contributed by atoms with Gasteiger partial charge in [-0.1, -0.05) is 6.07 Å². The van der Waals surface area contributed by atoms with Gasteiger partial charge in [-0.05, 0) is 50.2 Å². The number of morpholine rings is 1. The van der Waals surface area contributed by atoms with E-state index in [4.69, 9.17) is 14.5 Å². The number of aryl methyl sites for hydroxylation is 2. The van der Waals surface area contributed by atoms with E-state index in [1.807, 2.05) is 35.0 Å². The minimum absolute atomic E-state index is 0.0246. The number of rotatable bonds is 6. The predicted molar refractivity (Wildman–Crippen MR) is 113 cm³/mol. The Morgan fingerprint density at radius 2 is 2.00 bits per heavy atom. The third kappa shape index (κ3) is 4.49. The normalized spacial score (nSPS) is 17.4. The van der Waals surface area contributed by atoms with E-state index < -0.39 is 0 Å². The van der Waals surface area contributed by atoms with Gasteiger partial charge in [0.1, 0.15) is 11.9 Å². The molecule has 152 valence electrons. The van der Waals surface area contributed by atoms with Crippen LogP contribution in [0.4, 0.5) is 0 Å². The monoisotopic (exact) mass is 392 g/mol. The SMILES string of the molecule is CCn1cc(CN2CCOC(c3cccc(-c4ccc(OC)cc4)n3)C2)c(C)n1. The Morgan fingerprint density at radius 3 is 2.72 bits per heavy atom. The van der Waals surface area contributed by atoms with E-state index in [-0.39, 0.29) is 6.10 Å². The molecular formula is C23H28N4O2. The van der Waals surface area contributed by atoms with Crippen molar-refractivity contribution in [3.8, 4) is 17.0 Å². The molecule has 0 bridgehead atoms. The molecule has 2 aromatic heterocycles. The molecule has 4 rings (SSSR count). The van der Waals surface area contributed by atoms with Crippen molar-refractivity contribution in [3.05, 3.63) is 65.6 Å². The molecule has 29 heavy (non-hydrogen) atoms. The van der Waals surface area contributed by atoms with Gasteiger partial charge in [0, 0.05) is 43.5 Å². The minimum atomic E-state index is -0.0246. The second kappa shape index (κ2) is 8.76. The molecular weight excluding hydrogens is 364 g/mol. The standard InChI is InChI=1S/C23H28N4O2/c1-4-27-15-19(17(2)25-27)14-26-12-13-29-23(16-26)22-7-5-6-21(24-22)18-8-10-20(28-3)11-9-18/h5-11,15,23H,4,12-14,16H2,1-3H3. The third-order valence-corrected chi connectivity index (χ3v) is 5.40. The lowest BCUT2D eigenvalue weighted by Gasteiger charge is -2.32. The summed E-state index contributed by atoms with van der Waals surface area (Å²) in [5.41, 5.74) is 5.39. The number of nitrogens with zero attached hydrogens (tertiary/aromatic N) is 4. The van der Waals surface area contributed by atoms with Crippen LogP contribution >= 0.6 is 0 Å². The fourth-order valence-corrected chi connectivity index (χ4v) is 3.70. The molecule has 6 nitrogen and oxygen atoms in total. The molecule has 0 aliphatic carbocycles. The average molecular weight is 393 g/mol. The summed E-state index contributed by atoms with van der Waals surface area (Å²) in [7, 11) is 1.68. The van der Waals surface area contributed by atoms with Crippen LogP contribution in [0.2, 0.25) is 0 Å². The molecule has 1 aliphatic heterocycles. The van der Waals surface area contributed by atoms with Crippen LogP contribution in [0.15, 0.2) is 48.7 Å². The van der Waals surface area contributed by atoms with Gasteiger partial charge in [0.15, 0.2) is 0 Å². The van der Waals surface area contributed by atoms with Gasteiger partial charge in [-0.25, -0.2) is 0 Å². The van der Waals surface area contributed by atoms with Crippen LogP contribution in [0.5, 0.6) is 5.75 Å². The number of hydrogen-bond acceptors (Lipinski definition) is 5. The lowest BCUT2D eigenvalue weighted by Crippen LogP contribution is -2.38. The van der Waals surface area contributed by atoms with Gasteiger partial charge in [0.05, 0.1) is 30.8 Å². The van der Waals surface area contributed by atoms with Crippen molar-refractivity contribution in [3.63, 3.8) is 0 Å². The Kier molecular flexibility index (Phi) is 5.92. The highest BCUT2D eigenvalue weighted by Gasteiger charge is 2.24. The molecule has 0 saturated carbocycles. The Bertz CT molecular complexity index is 952.